The van der Waals surface area contributed by atoms with E-state index in [0.29, 0.717) is 14.5 Å². The number of para-hydroxylation sites is 1. The molecule has 2 heterocycles. The molecule has 0 aliphatic heterocycles. The Hall–Kier alpha value is -1.36. The number of nitrogens with zero attached hydrogens (tertiary/aromatic N) is 2. The van der Waals surface area contributed by atoms with Gasteiger partial charge in [0.2, 0.25) is 0 Å². The highest BCUT2D eigenvalue weighted by atomic mass is 35.5. The lowest BCUT2D eigenvalue weighted by Gasteiger charge is -2.09. The fourth-order valence-corrected chi connectivity index (χ4v) is 3.55. The smallest absolute Gasteiger partial charge is 0.164 e. The summed E-state index contributed by atoms with van der Waals surface area (Å²) in [5.41, 5.74) is 2.78. The molecule has 0 atom stereocenters. The van der Waals surface area contributed by atoms with Gasteiger partial charge in [-0.15, -0.1) is 11.3 Å². The van der Waals surface area contributed by atoms with Gasteiger partial charge in [-0.25, -0.2) is 9.97 Å². The molecule has 1 N–H and O–H groups in total. The van der Waals surface area contributed by atoms with Crippen LogP contribution < -0.4 is 5.32 Å². The first-order chi connectivity index (χ1) is 9.60. The number of nitrogens with one attached hydrogen (secondary N) is 1. The number of fused-ring (bicyclic) bond motifs is 1. The van der Waals surface area contributed by atoms with Crippen molar-refractivity contribution in [1.82, 2.24) is 9.97 Å². The van der Waals surface area contributed by atoms with Crippen LogP contribution in [0, 0.1) is 6.92 Å². The van der Waals surface area contributed by atoms with Gasteiger partial charge in [-0.2, -0.15) is 0 Å². The van der Waals surface area contributed by atoms with Crippen molar-refractivity contribution in [3.05, 3.63) is 38.5 Å². The Balaban J connectivity index is 2.32. The SMILES string of the molecule is CNc1nc(-c2cc(Cl)sc2Cl)nc2c(C)cccc12. The van der Waals surface area contributed by atoms with Crippen LogP contribution in [0.25, 0.3) is 22.3 Å². The third-order valence-corrected chi connectivity index (χ3v) is 4.55. The summed E-state index contributed by atoms with van der Waals surface area (Å²) >= 11 is 13.5. The molecule has 0 unspecified atom stereocenters. The van der Waals surface area contributed by atoms with Gasteiger partial charge < -0.3 is 5.32 Å². The Labute approximate surface area is 130 Å². The van der Waals surface area contributed by atoms with Gasteiger partial charge in [-0.1, -0.05) is 35.3 Å². The predicted octanol–water partition coefficient (Wildman–Crippen LogP) is 5.02. The minimum atomic E-state index is 0.587. The number of hydrogen-bond donors (Lipinski definition) is 1. The van der Waals surface area contributed by atoms with Crippen molar-refractivity contribution in [2.75, 3.05) is 12.4 Å². The molecule has 0 bridgehead atoms. The average molecular weight is 324 g/mol. The molecule has 3 aromatic rings. The molecular formula is C14H11Cl2N3S. The molecule has 0 saturated heterocycles. The Morgan fingerprint density at radius 2 is 2.00 bits per heavy atom. The van der Waals surface area contributed by atoms with Crippen molar-refractivity contribution >= 4 is 51.3 Å². The second-order valence-electron chi connectivity index (χ2n) is 4.35. The first kappa shape index (κ1) is 13.6. The van der Waals surface area contributed by atoms with Gasteiger partial charge in [0.05, 0.1) is 15.4 Å². The molecule has 0 radical (unpaired) electrons. The van der Waals surface area contributed by atoms with Crippen LogP contribution in [-0.4, -0.2) is 17.0 Å². The van der Waals surface area contributed by atoms with Gasteiger partial charge in [0.1, 0.15) is 10.2 Å². The molecular weight excluding hydrogens is 313 g/mol. The highest BCUT2D eigenvalue weighted by Gasteiger charge is 2.14. The number of thiophene rings is 1. The number of anilines is 1. The lowest BCUT2D eigenvalue weighted by molar-refractivity contribution is 1.21. The summed E-state index contributed by atoms with van der Waals surface area (Å²) in [7, 11) is 1.84. The third-order valence-electron chi connectivity index (χ3n) is 3.06. The van der Waals surface area contributed by atoms with E-state index in [-0.39, 0.29) is 0 Å². The largest absolute Gasteiger partial charge is 0.373 e. The van der Waals surface area contributed by atoms with Crippen LogP contribution in [0.3, 0.4) is 0 Å². The van der Waals surface area contributed by atoms with E-state index in [1.165, 1.54) is 11.3 Å². The molecule has 20 heavy (non-hydrogen) atoms. The van der Waals surface area contributed by atoms with Gasteiger partial charge in [0.15, 0.2) is 5.82 Å². The average Bonchev–Trinajstić information content (AvgIpc) is 2.77. The van der Waals surface area contributed by atoms with Gasteiger partial charge in [-0.3, -0.25) is 0 Å². The lowest BCUT2D eigenvalue weighted by atomic mass is 10.1. The molecule has 3 rings (SSSR count). The van der Waals surface area contributed by atoms with Crippen molar-refractivity contribution in [2.45, 2.75) is 6.92 Å². The Morgan fingerprint density at radius 3 is 2.65 bits per heavy atom. The second kappa shape index (κ2) is 5.20. The van der Waals surface area contributed by atoms with E-state index in [1.807, 2.05) is 32.2 Å². The number of aromatic nitrogens is 2. The van der Waals surface area contributed by atoms with Gasteiger partial charge in [0.25, 0.3) is 0 Å². The van der Waals surface area contributed by atoms with E-state index >= 15 is 0 Å². The molecule has 1 aromatic carbocycles. The van der Waals surface area contributed by atoms with Gasteiger partial charge in [-0.05, 0) is 24.6 Å². The fourth-order valence-electron chi connectivity index (χ4n) is 2.10. The van der Waals surface area contributed by atoms with E-state index in [9.17, 15) is 0 Å². The summed E-state index contributed by atoms with van der Waals surface area (Å²) in [6, 6.07) is 7.82. The molecule has 102 valence electrons. The van der Waals surface area contributed by atoms with E-state index in [0.717, 1.165) is 27.8 Å². The maximum Gasteiger partial charge on any atom is 0.164 e. The van der Waals surface area contributed by atoms with Crippen molar-refractivity contribution in [1.29, 1.82) is 0 Å². The van der Waals surface area contributed by atoms with Crippen LogP contribution in [0.4, 0.5) is 5.82 Å². The normalized spacial score (nSPS) is 11.0. The summed E-state index contributed by atoms with van der Waals surface area (Å²) in [4.78, 5) is 9.19. The van der Waals surface area contributed by atoms with Crippen molar-refractivity contribution in [3.63, 3.8) is 0 Å². The molecule has 0 aliphatic rings. The molecule has 0 spiro atoms. The molecule has 0 aliphatic carbocycles. The Bertz CT molecular complexity index is 798. The standard InChI is InChI=1S/C14H11Cl2N3S/c1-7-4-3-5-8-11(7)18-14(19-13(8)17-2)9-6-10(15)20-12(9)16/h3-6H,1-2H3,(H,17,18,19). The molecule has 3 nitrogen and oxygen atoms in total. The van der Waals surface area contributed by atoms with Gasteiger partial charge in [0, 0.05) is 12.4 Å². The zero-order valence-electron chi connectivity index (χ0n) is 10.9. The van der Waals surface area contributed by atoms with Crippen LogP contribution in [-0.2, 0) is 0 Å². The maximum absolute atomic E-state index is 6.20. The highest BCUT2D eigenvalue weighted by Crippen LogP contribution is 2.38. The minimum Gasteiger partial charge on any atom is -0.373 e. The first-order valence-electron chi connectivity index (χ1n) is 6.00. The van der Waals surface area contributed by atoms with Crippen LogP contribution in [0.1, 0.15) is 5.56 Å². The first-order valence-corrected chi connectivity index (χ1v) is 7.57. The Morgan fingerprint density at radius 1 is 1.20 bits per heavy atom. The molecule has 0 amide bonds. The van der Waals surface area contributed by atoms with E-state index in [2.05, 4.69) is 15.3 Å². The van der Waals surface area contributed by atoms with Gasteiger partial charge >= 0.3 is 0 Å². The number of hydrogen-bond acceptors (Lipinski definition) is 4. The molecule has 0 saturated carbocycles. The van der Waals surface area contributed by atoms with Crippen LogP contribution in [0.5, 0.6) is 0 Å². The summed E-state index contributed by atoms with van der Waals surface area (Å²) in [5.74, 6) is 1.37. The number of aryl methyl sites for hydroxylation is 1. The van der Waals surface area contributed by atoms with Crippen LogP contribution in [0.15, 0.2) is 24.3 Å². The number of halogens is 2. The maximum atomic E-state index is 6.20. The number of benzene rings is 1. The minimum absolute atomic E-state index is 0.587. The van der Waals surface area contributed by atoms with Crippen molar-refractivity contribution in [3.8, 4) is 11.4 Å². The Kier molecular flexibility index (Phi) is 3.54. The summed E-state index contributed by atoms with van der Waals surface area (Å²) in [5, 5.41) is 4.10. The topological polar surface area (TPSA) is 37.8 Å². The summed E-state index contributed by atoms with van der Waals surface area (Å²) < 4.78 is 1.23. The van der Waals surface area contributed by atoms with Crippen LogP contribution in [0.2, 0.25) is 8.67 Å². The quantitative estimate of drug-likeness (QED) is 0.719. The fraction of sp³-hybridized carbons (Fsp3) is 0.143. The summed E-state index contributed by atoms with van der Waals surface area (Å²) in [6.45, 7) is 2.03. The van der Waals surface area contributed by atoms with E-state index in [1.54, 1.807) is 6.07 Å². The monoisotopic (exact) mass is 323 g/mol. The zero-order chi connectivity index (χ0) is 14.3. The lowest BCUT2D eigenvalue weighted by Crippen LogP contribution is -1.99. The summed E-state index contributed by atoms with van der Waals surface area (Å²) in [6.07, 6.45) is 0. The molecule has 6 heteroatoms. The van der Waals surface area contributed by atoms with E-state index < -0.39 is 0 Å². The molecule has 2 aromatic heterocycles. The van der Waals surface area contributed by atoms with Crippen molar-refractivity contribution in [2.24, 2.45) is 0 Å². The van der Waals surface area contributed by atoms with Crippen molar-refractivity contribution < 1.29 is 0 Å². The van der Waals surface area contributed by atoms with E-state index in [4.69, 9.17) is 23.2 Å². The third kappa shape index (κ3) is 2.24. The highest BCUT2D eigenvalue weighted by molar-refractivity contribution is 7.20. The predicted molar refractivity (Wildman–Crippen MR) is 87.2 cm³/mol. The zero-order valence-corrected chi connectivity index (χ0v) is 13.2. The number of rotatable bonds is 2. The van der Waals surface area contributed by atoms with Crippen LogP contribution >= 0.6 is 34.5 Å². The second-order valence-corrected chi connectivity index (χ2v) is 6.64. The molecule has 0 fully saturated rings.